The Hall–Kier alpha value is -1.99. The van der Waals surface area contributed by atoms with Gasteiger partial charge in [-0.15, -0.1) is 5.10 Å². The second-order valence-corrected chi connectivity index (χ2v) is 8.81. The van der Waals surface area contributed by atoms with Crippen molar-refractivity contribution in [2.75, 3.05) is 52.2 Å². The molecule has 2 aliphatic rings. The third-order valence-electron chi connectivity index (χ3n) is 6.59. The Balaban J connectivity index is 1.68. The van der Waals surface area contributed by atoms with Crippen LogP contribution in [-0.4, -0.2) is 67.5 Å². The first kappa shape index (κ1) is 19.3. The highest BCUT2D eigenvalue weighted by molar-refractivity contribution is 5.46. The van der Waals surface area contributed by atoms with Crippen molar-refractivity contribution in [2.45, 2.75) is 44.2 Å². The quantitative estimate of drug-likeness (QED) is 0.745. The molecule has 2 aromatic rings. The summed E-state index contributed by atoms with van der Waals surface area (Å²) in [6.45, 7) is 4.71. The number of nitrogens with zero attached hydrogens (tertiary/aromatic N) is 5. The van der Waals surface area contributed by atoms with Crippen molar-refractivity contribution >= 4 is 5.69 Å². The summed E-state index contributed by atoms with van der Waals surface area (Å²) in [5.74, 6) is 1.05. The molecule has 7 nitrogen and oxygen atoms in total. The molecule has 0 amide bonds. The van der Waals surface area contributed by atoms with Crippen molar-refractivity contribution in [2.24, 2.45) is 0 Å². The molecule has 2 fully saturated rings. The van der Waals surface area contributed by atoms with E-state index < -0.39 is 0 Å². The number of aromatic nitrogens is 4. The van der Waals surface area contributed by atoms with Gasteiger partial charge in [-0.3, -0.25) is 0 Å². The number of hydrogen-bond donors (Lipinski definition) is 2. The predicted molar refractivity (Wildman–Crippen MR) is 110 cm³/mol. The molecule has 1 aromatic carbocycles. The standard InChI is InChI=1S/C21H33N7/c1-25(2)18-11-9-17(10-12-18)20(27-15-13-26(3)14-16-27)21-22-23-24-28(21)19-7-5-4-6-8-19/h9-12,19-20H,4-8,13-16H2,1-3H3/p+2/t20-/m1/s1. The molecule has 1 saturated heterocycles. The molecule has 2 heterocycles. The van der Waals surface area contributed by atoms with Crippen molar-refractivity contribution in [1.82, 2.24) is 20.2 Å². The lowest BCUT2D eigenvalue weighted by Crippen LogP contribution is -3.27. The van der Waals surface area contributed by atoms with Crippen LogP contribution in [0.3, 0.4) is 0 Å². The molecule has 2 N–H and O–H groups in total. The maximum absolute atomic E-state index is 4.58. The zero-order valence-corrected chi connectivity index (χ0v) is 17.6. The van der Waals surface area contributed by atoms with Crippen LogP contribution in [0.25, 0.3) is 0 Å². The zero-order chi connectivity index (χ0) is 19.5. The second-order valence-electron chi connectivity index (χ2n) is 8.81. The Morgan fingerprint density at radius 2 is 1.68 bits per heavy atom. The molecule has 0 unspecified atom stereocenters. The lowest BCUT2D eigenvalue weighted by atomic mass is 9.95. The first-order chi connectivity index (χ1) is 13.6. The minimum Gasteiger partial charge on any atom is -0.378 e. The van der Waals surface area contributed by atoms with Crippen molar-refractivity contribution < 1.29 is 9.80 Å². The molecule has 1 saturated carbocycles. The Kier molecular flexibility index (Phi) is 5.92. The van der Waals surface area contributed by atoms with Crippen molar-refractivity contribution in [3.8, 4) is 0 Å². The van der Waals surface area contributed by atoms with Gasteiger partial charge in [-0.2, -0.15) is 0 Å². The number of hydrogen-bond acceptors (Lipinski definition) is 4. The average Bonchev–Trinajstić information content (AvgIpc) is 3.20. The summed E-state index contributed by atoms with van der Waals surface area (Å²) in [6, 6.07) is 9.66. The van der Waals surface area contributed by atoms with Gasteiger partial charge >= 0.3 is 0 Å². The topological polar surface area (TPSA) is 55.7 Å². The van der Waals surface area contributed by atoms with Crippen LogP contribution in [0.15, 0.2) is 24.3 Å². The number of quaternary nitrogens is 2. The number of nitrogens with one attached hydrogen (secondary N) is 2. The van der Waals surface area contributed by atoms with E-state index in [1.807, 2.05) is 0 Å². The number of rotatable bonds is 5. The van der Waals surface area contributed by atoms with Gasteiger partial charge in [0.1, 0.15) is 26.2 Å². The van der Waals surface area contributed by atoms with Crippen LogP contribution in [0, 0.1) is 0 Å². The van der Waals surface area contributed by atoms with Gasteiger partial charge in [-0.1, -0.05) is 31.4 Å². The number of likely N-dealkylation sites (N-methyl/N-ethyl adjacent to an activating group) is 1. The molecule has 1 aliphatic carbocycles. The maximum atomic E-state index is 4.58. The van der Waals surface area contributed by atoms with Gasteiger partial charge in [0, 0.05) is 25.3 Å². The third-order valence-corrected chi connectivity index (χ3v) is 6.59. The van der Waals surface area contributed by atoms with E-state index in [0.717, 1.165) is 18.9 Å². The van der Waals surface area contributed by atoms with Crippen LogP contribution in [0.4, 0.5) is 5.69 Å². The molecule has 1 aromatic heterocycles. The highest BCUT2D eigenvalue weighted by Gasteiger charge is 2.36. The Labute approximate surface area is 168 Å². The van der Waals surface area contributed by atoms with E-state index in [2.05, 4.69) is 70.5 Å². The van der Waals surface area contributed by atoms with E-state index in [1.165, 1.54) is 56.4 Å². The Bertz CT molecular complexity index is 740. The molecule has 28 heavy (non-hydrogen) atoms. The SMILES string of the molecule is CN(C)c1ccc([C@H](c2nnnn2C2CCCCC2)[NH+]2CC[NH+](C)CC2)cc1. The van der Waals surface area contributed by atoms with E-state index in [0.29, 0.717) is 6.04 Å². The van der Waals surface area contributed by atoms with E-state index in [1.54, 1.807) is 9.80 Å². The van der Waals surface area contributed by atoms with E-state index in [9.17, 15) is 0 Å². The molecule has 4 rings (SSSR count). The lowest BCUT2D eigenvalue weighted by Gasteiger charge is -2.34. The fourth-order valence-corrected chi connectivity index (χ4v) is 4.80. The Morgan fingerprint density at radius 1 is 1.00 bits per heavy atom. The molecular formula is C21H35N7+2. The smallest absolute Gasteiger partial charge is 0.214 e. The molecule has 1 atom stereocenters. The molecule has 0 spiro atoms. The summed E-state index contributed by atoms with van der Waals surface area (Å²) in [5.41, 5.74) is 2.55. The molecule has 7 heteroatoms. The highest BCUT2D eigenvalue weighted by Crippen LogP contribution is 2.30. The van der Waals surface area contributed by atoms with E-state index in [-0.39, 0.29) is 6.04 Å². The minimum absolute atomic E-state index is 0.209. The van der Waals surface area contributed by atoms with Crippen molar-refractivity contribution in [3.05, 3.63) is 35.7 Å². The summed E-state index contributed by atoms with van der Waals surface area (Å²) in [5, 5.41) is 13.2. The molecular weight excluding hydrogens is 350 g/mol. The second kappa shape index (κ2) is 8.57. The van der Waals surface area contributed by atoms with E-state index in [4.69, 9.17) is 0 Å². The maximum Gasteiger partial charge on any atom is 0.214 e. The van der Waals surface area contributed by atoms with Crippen molar-refractivity contribution in [3.63, 3.8) is 0 Å². The number of piperazine rings is 1. The number of benzene rings is 1. The third kappa shape index (κ3) is 4.05. The largest absolute Gasteiger partial charge is 0.378 e. The number of tetrazole rings is 1. The van der Waals surface area contributed by atoms with Crippen LogP contribution in [0.1, 0.15) is 55.6 Å². The van der Waals surface area contributed by atoms with Gasteiger partial charge in [0.2, 0.25) is 5.82 Å². The molecule has 1 aliphatic heterocycles. The van der Waals surface area contributed by atoms with Gasteiger partial charge in [0.15, 0.2) is 6.04 Å². The molecule has 152 valence electrons. The molecule has 0 radical (unpaired) electrons. The minimum atomic E-state index is 0.209. The van der Waals surface area contributed by atoms with Crippen LogP contribution >= 0.6 is 0 Å². The van der Waals surface area contributed by atoms with Gasteiger partial charge < -0.3 is 14.7 Å². The van der Waals surface area contributed by atoms with Gasteiger partial charge in [0.25, 0.3) is 0 Å². The van der Waals surface area contributed by atoms with Crippen LogP contribution in [0.2, 0.25) is 0 Å². The molecule has 0 bridgehead atoms. The Morgan fingerprint density at radius 3 is 2.32 bits per heavy atom. The summed E-state index contributed by atoms with van der Waals surface area (Å²) in [6.07, 6.45) is 6.32. The highest BCUT2D eigenvalue weighted by atomic mass is 15.6. The monoisotopic (exact) mass is 385 g/mol. The first-order valence-electron chi connectivity index (χ1n) is 10.8. The fourth-order valence-electron chi connectivity index (χ4n) is 4.80. The van der Waals surface area contributed by atoms with Crippen molar-refractivity contribution in [1.29, 1.82) is 0 Å². The summed E-state index contributed by atoms with van der Waals surface area (Å²) >= 11 is 0. The van der Waals surface area contributed by atoms with Crippen LogP contribution < -0.4 is 14.7 Å². The van der Waals surface area contributed by atoms with Gasteiger partial charge in [0.05, 0.1) is 13.1 Å². The lowest BCUT2D eigenvalue weighted by molar-refractivity contribution is -1.02. The fraction of sp³-hybridized carbons (Fsp3) is 0.667. The predicted octanol–water partition coefficient (Wildman–Crippen LogP) is -0.253. The summed E-state index contributed by atoms with van der Waals surface area (Å²) < 4.78 is 2.17. The van der Waals surface area contributed by atoms with Crippen LogP contribution in [0.5, 0.6) is 0 Å². The average molecular weight is 386 g/mol. The van der Waals surface area contributed by atoms with Crippen LogP contribution in [-0.2, 0) is 0 Å². The number of anilines is 1. The van der Waals surface area contributed by atoms with E-state index >= 15 is 0 Å². The normalized spacial score (nSPS) is 24.8. The summed E-state index contributed by atoms with van der Waals surface area (Å²) in [7, 11) is 6.47. The van der Waals surface area contributed by atoms with Gasteiger partial charge in [-0.25, -0.2) is 4.68 Å². The first-order valence-corrected chi connectivity index (χ1v) is 10.8. The zero-order valence-electron chi connectivity index (χ0n) is 17.6. The van der Waals surface area contributed by atoms with Gasteiger partial charge in [-0.05, 0) is 35.4 Å². The summed E-state index contributed by atoms with van der Waals surface area (Å²) in [4.78, 5) is 5.36.